The molecule has 10 heteroatoms. The number of hydrogen-bond donors (Lipinski definition) is 2. The minimum Gasteiger partial charge on any atom is -0.481 e. The van der Waals surface area contributed by atoms with Crippen molar-refractivity contribution in [3.8, 4) is 0 Å². The van der Waals surface area contributed by atoms with E-state index in [2.05, 4.69) is 25.9 Å². The molecule has 0 unspecified atom stereocenters. The fourth-order valence-electron chi connectivity index (χ4n) is 5.44. The Hall–Kier alpha value is -4.86. The average molecular weight is 598 g/mol. The van der Waals surface area contributed by atoms with E-state index >= 15 is 0 Å². The minimum absolute atomic E-state index is 0.0673. The van der Waals surface area contributed by atoms with E-state index in [1.807, 2.05) is 54.6 Å². The van der Waals surface area contributed by atoms with Crippen LogP contribution >= 0.6 is 0 Å². The van der Waals surface area contributed by atoms with E-state index in [1.165, 1.54) is 11.8 Å². The molecule has 3 aromatic carbocycles. The van der Waals surface area contributed by atoms with Gasteiger partial charge >= 0.3 is 12.0 Å². The van der Waals surface area contributed by atoms with Gasteiger partial charge in [-0.05, 0) is 46.6 Å². The molecule has 1 aliphatic rings. The molecule has 1 saturated heterocycles. The van der Waals surface area contributed by atoms with E-state index < -0.39 is 35.3 Å². The lowest BCUT2D eigenvalue weighted by Crippen LogP contribution is -2.53. The van der Waals surface area contributed by atoms with Crippen molar-refractivity contribution in [3.05, 3.63) is 107 Å². The van der Waals surface area contributed by atoms with Crippen molar-refractivity contribution in [2.75, 3.05) is 6.54 Å². The Balaban J connectivity index is 1.70. The lowest BCUT2D eigenvalue weighted by atomic mass is 9.86. The van der Waals surface area contributed by atoms with Crippen LogP contribution in [0.25, 0.3) is 0 Å². The molecule has 44 heavy (non-hydrogen) atoms. The molecule has 4 rings (SSSR count). The number of rotatable bonds is 11. The normalized spacial score (nSPS) is 17.5. The van der Waals surface area contributed by atoms with Crippen LogP contribution in [0.5, 0.6) is 0 Å². The summed E-state index contributed by atoms with van der Waals surface area (Å²) in [6.07, 6.45) is 0.104. The van der Waals surface area contributed by atoms with E-state index in [4.69, 9.17) is 5.53 Å². The maximum atomic E-state index is 14.3. The van der Waals surface area contributed by atoms with Crippen molar-refractivity contribution in [1.82, 2.24) is 14.9 Å². The first-order valence-electron chi connectivity index (χ1n) is 14.5. The molecule has 1 aliphatic heterocycles. The first kappa shape index (κ1) is 32.1. The Bertz CT molecular complexity index is 1530. The summed E-state index contributed by atoms with van der Waals surface area (Å²) < 4.78 is 0. The van der Waals surface area contributed by atoms with Crippen molar-refractivity contribution in [1.29, 1.82) is 5.53 Å². The third-order valence-corrected chi connectivity index (χ3v) is 8.17. The van der Waals surface area contributed by atoms with Gasteiger partial charge in [-0.25, -0.2) is 15.3 Å². The van der Waals surface area contributed by atoms with Gasteiger partial charge in [0, 0.05) is 13.5 Å². The van der Waals surface area contributed by atoms with E-state index in [0.717, 1.165) is 32.3 Å². The highest BCUT2D eigenvalue weighted by atomic mass is 16.4. The molecule has 0 radical (unpaired) electrons. The molecular weight excluding hydrogens is 558 g/mol. The summed E-state index contributed by atoms with van der Waals surface area (Å²) in [6.45, 7) is 9.00. The van der Waals surface area contributed by atoms with Gasteiger partial charge in [-0.15, -0.1) is 0 Å². The molecule has 1 heterocycles. The zero-order valence-corrected chi connectivity index (χ0v) is 25.8. The summed E-state index contributed by atoms with van der Waals surface area (Å²) in [7, 11) is 0. The highest BCUT2D eigenvalue weighted by Crippen LogP contribution is 2.39. The summed E-state index contributed by atoms with van der Waals surface area (Å²) >= 11 is 0. The number of benzene rings is 3. The van der Waals surface area contributed by atoms with Gasteiger partial charge in [0.05, 0.1) is 19.0 Å². The molecule has 4 amide bonds. The number of aliphatic carboxylic acids is 1. The highest BCUT2D eigenvalue weighted by molar-refractivity contribution is 6.08. The number of nitrogens with one attached hydrogen (secondary N) is 1. The second-order valence-corrected chi connectivity index (χ2v) is 12.3. The third-order valence-electron chi connectivity index (χ3n) is 8.17. The van der Waals surface area contributed by atoms with E-state index in [9.17, 15) is 24.3 Å². The van der Waals surface area contributed by atoms with Crippen molar-refractivity contribution in [2.24, 2.45) is 11.0 Å². The van der Waals surface area contributed by atoms with E-state index in [-0.39, 0.29) is 31.5 Å². The Labute approximate surface area is 257 Å². The molecule has 2 N–H and O–H groups in total. The topological polar surface area (TPSA) is 134 Å². The van der Waals surface area contributed by atoms with Crippen LogP contribution in [0.15, 0.2) is 84.0 Å². The second-order valence-electron chi connectivity index (χ2n) is 12.3. The number of carbonyl (C=O) groups excluding carboxylic acids is 3. The molecule has 10 nitrogen and oxygen atoms in total. The summed E-state index contributed by atoms with van der Waals surface area (Å²) in [5.74, 6) is -3.51. The Morgan fingerprint density at radius 1 is 0.932 bits per heavy atom. The lowest BCUT2D eigenvalue weighted by Gasteiger charge is -2.32. The molecule has 0 aromatic heterocycles. The maximum Gasteiger partial charge on any atom is 0.347 e. The molecule has 0 bridgehead atoms. The molecule has 3 aromatic rings. The predicted molar refractivity (Wildman–Crippen MR) is 164 cm³/mol. The van der Waals surface area contributed by atoms with Gasteiger partial charge in [-0.1, -0.05) is 99.6 Å². The molecule has 230 valence electrons. The lowest BCUT2D eigenvalue weighted by molar-refractivity contribution is -0.159. The fourth-order valence-corrected chi connectivity index (χ4v) is 5.44. The van der Waals surface area contributed by atoms with Crippen LogP contribution in [0.1, 0.15) is 62.4 Å². The van der Waals surface area contributed by atoms with Gasteiger partial charge in [0.15, 0.2) is 0 Å². The molecule has 0 aliphatic carbocycles. The maximum absolute atomic E-state index is 14.3. The average Bonchev–Trinajstić information content (AvgIpc) is 3.16. The Kier molecular flexibility index (Phi) is 9.32. The molecule has 0 saturated carbocycles. The second kappa shape index (κ2) is 12.8. The van der Waals surface area contributed by atoms with Gasteiger partial charge in [-0.2, -0.15) is 10.1 Å². The van der Waals surface area contributed by atoms with E-state index in [0.29, 0.717) is 5.56 Å². The largest absolute Gasteiger partial charge is 0.481 e. The number of urea groups is 1. The van der Waals surface area contributed by atoms with Crippen LogP contribution in [-0.2, 0) is 44.8 Å². The fraction of sp³-hybridized carbons (Fsp3) is 0.353. The van der Waals surface area contributed by atoms with Gasteiger partial charge in [0.1, 0.15) is 5.54 Å². The molecular formula is C34H39N5O5. The van der Waals surface area contributed by atoms with Crippen LogP contribution in [-0.4, -0.2) is 50.4 Å². The zero-order valence-electron chi connectivity index (χ0n) is 25.8. The van der Waals surface area contributed by atoms with Gasteiger partial charge in [-0.3, -0.25) is 19.3 Å². The number of carboxylic acids is 1. The predicted octanol–water partition coefficient (Wildman–Crippen LogP) is 5.90. The number of carboxylic acid groups (broad SMARTS) is 1. The van der Waals surface area contributed by atoms with Crippen LogP contribution in [0.4, 0.5) is 4.79 Å². The summed E-state index contributed by atoms with van der Waals surface area (Å²) in [5.41, 5.74) is 9.51. The van der Waals surface area contributed by atoms with Crippen molar-refractivity contribution < 1.29 is 24.3 Å². The summed E-state index contributed by atoms with van der Waals surface area (Å²) in [5, 5.41) is 15.3. The monoisotopic (exact) mass is 597 g/mol. The SMILES string of the molecule is CC(=O)N(C[C@@H](Cc1ccc(C(C)(C)C)cc1)C(=O)O)N1C(=O)N(Cc2ccccc2)[C@](C)(c2ccc(CN=N)cc2)C1=O. The first-order chi connectivity index (χ1) is 20.8. The van der Waals surface area contributed by atoms with Crippen molar-refractivity contribution >= 4 is 23.8 Å². The number of nitrogens with zero attached hydrogens (tertiary/aromatic N) is 4. The first-order valence-corrected chi connectivity index (χ1v) is 14.5. The zero-order chi connectivity index (χ0) is 32.2. The number of amides is 4. The van der Waals surface area contributed by atoms with Gasteiger partial charge in [0.2, 0.25) is 5.91 Å². The van der Waals surface area contributed by atoms with Crippen LogP contribution in [0.3, 0.4) is 0 Å². The van der Waals surface area contributed by atoms with Gasteiger partial charge in [0.25, 0.3) is 5.91 Å². The molecule has 2 atom stereocenters. The number of hydrazine groups is 1. The third kappa shape index (κ3) is 6.54. The Morgan fingerprint density at radius 3 is 2.05 bits per heavy atom. The standard InChI is InChI=1S/C34H39N5O5/c1-23(40)38(22-27(30(41)42)19-24-11-15-28(16-12-24)33(2,3)4)39-31(43)34(5,29-17-13-25(14-18-29)20-36-35)37(32(39)44)21-26-9-7-6-8-10-26/h6-18,27,35H,19-22H2,1-5H3,(H,41,42)/t27-,34-/m1/s1. The minimum atomic E-state index is -1.50. The van der Waals surface area contributed by atoms with Crippen molar-refractivity contribution in [2.45, 2.75) is 65.1 Å². The van der Waals surface area contributed by atoms with Crippen LogP contribution < -0.4 is 0 Å². The van der Waals surface area contributed by atoms with Crippen LogP contribution in [0, 0.1) is 11.4 Å². The number of hydrogen-bond acceptors (Lipinski definition) is 6. The highest BCUT2D eigenvalue weighted by Gasteiger charge is 2.58. The summed E-state index contributed by atoms with van der Waals surface area (Å²) in [6, 6.07) is 23.1. The van der Waals surface area contributed by atoms with E-state index in [1.54, 1.807) is 31.2 Å². The summed E-state index contributed by atoms with van der Waals surface area (Å²) in [4.78, 5) is 55.3. The molecule has 1 fully saturated rings. The quantitative estimate of drug-likeness (QED) is 0.210. The molecule has 0 spiro atoms. The number of carbonyl (C=O) groups is 4. The number of imide groups is 1. The van der Waals surface area contributed by atoms with Gasteiger partial charge < -0.3 is 5.11 Å². The smallest absolute Gasteiger partial charge is 0.347 e. The van der Waals surface area contributed by atoms with Crippen LogP contribution in [0.2, 0.25) is 0 Å². The van der Waals surface area contributed by atoms with Crippen molar-refractivity contribution in [3.63, 3.8) is 0 Å². The Morgan fingerprint density at radius 2 is 1.52 bits per heavy atom.